The topological polar surface area (TPSA) is 124 Å². The molecule has 0 fully saturated rings. The molecule has 0 saturated carbocycles. The fourth-order valence-electron chi connectivity index (χ4n) is 6.00. The van der Waals surface area contributed by atoms with Gasteiger partial charge in [0, 0.05) is 11.6 Å². The van der Waals surface area contributed by atoms with Gasteiger partial charge in [0.05, 0.1) is 59.5 Å². The Labute approximate surface area is 310 Å². The number of hydrogen-bond acceptors (Lipinski definition) is 11. The summed E-state index contributed by atoms with van der Waals surface area (Å²) >= 11 is 16.8. The predicted molar refractivity (Wildman–Crippen MR) is 197 cm³/mol. The van der Waals surface area contributed by atoms with Crippen LogP contribution in [0.25, 0.3) is 16.3 Å². The van der Waals surface area contributed by atoms with Gasteiger partial charge in [-0.2, -0.15) is 0 Å². The summed E-state index contributed by atoms with van der Waals surface area (Å²) in [7, 11) is 0. The van der Waals surface area contributed by atoms with E-state index in [4.69, 9.17) is 37.3 Å². The molecule has 2 amide bonds. The quantitative estimate of drug-likeness (QED) is 0.123. The number of halogens is 2. The molecule has 1 atom stereocenters. The number of nitrogens with zero attached hydrogens (tertiary/aromatic N) is 4. The number of thiazole rings is 2. The maximum absolute atomic E-state index is 14.0. The third-order valence-corrected chi connectivity index (χ3v) is 12.1. The minimum atomic E-state index is -0.909. The number of ether oxygens (including phenoxy) is 1. The molecular weight excluding hydrogens is 752 g/mol. The number of carbonyl (C=O) groups is 3. The van der Waals surface area contributed by atoms with Crippen molar-refractivity contribution >= 4 is 97.4 Å². The van der Waals surface area contributed by atoms with Crippen LogP contribution in [0.15, 0.2) is 108 Å². The molecule has 51 heavy (non-hydrogen) atoms. The van der Waals surface area contributed by atoms with Gasteiger partial charge in [0.25, 0.3) is 17.4 Å². The smallest absolute Gasteiger partial charge is 0.338 e. The van der Waals surface area contributed by atoms with Crippen LogP contribution in [0.4, 0.5) is 5.69 Å². The number of aromatic nitrogens is 2. The molecule has 0 spiro atoms. The Morgan fingerprint density at radius 2 is 1.76 bits per heavy atom. The van der Waals surface area contributed by atoms with Crippen molar-refractivity contribution in [2.24, 2.45) is 4.99 Å². The van der Waals surface area contributed by atoms with Crippen molar-refractivity contribution in [1.82, 2.24) is 9.55 Å². The molecule has 0 N–H and O–H groups in total. The van der Waals surface area contributed by atoms with Crippen LogP contribution in [-0.2, 0) is 9.53 Å². The lowest BCUT2D eigenvalue weighted by molar-refractivity contribution is -0.139. The van der Waals surface area contributed by atoms with E-state index in [9.17, 15) is 19.2 Å². The second-order valence-electron chi connectivity index (χ2n) is 11.3. The zero-order chi connectivity index (χ0) is 35.6. The molecule has 2 aliphatic heterocycles. The molecule has 5 heterocycles. The number of benzene rings is 3. The van der Waals surface area contributed by atoms with Crippen molar-refractivity contribution in [2.75, 3.05) is 11.5 Å². The fourth-order valence-corrected chi connectivity index (χ4v) is 9.44. The van der Waals surface area contributed by atoms with Crippen molar-refractivity contribution in [2.45, 2.75) is 29.3 Å². The van der Waals surface area contributed by atoms with Gasteiger partial charge >= 0.3 is 5.97 Å². The summed E-state index contributed by atoms with van der Waals surface area (Å²) in [4.78, 5) is 64.0. The first-order valence-corrected chi connectivity index (χ1v) is 18.6. The molecule has 6 aromatic rings. The predicted octanol–water partition coefficient (Wildman–Crippen LogP) is 7.26. The Hall–Kier alpha value is -4.79. The minimum Gasteiger partial charge on any atom is -0.463 e. The van der Waals surface area contributed by atoms with E-state index in [0.29, 0.717) is 58.1 Å². The number of hydrogen-bond donors (Lipinski definition) is 0. The van der Waals surface area contributed by atoms with Gasteiger partial charge in [0.1, 0.15) is 11.8 Å². The van der Waals surface area contributed by atoms with Gasteiger partial charge in [-0.05, 0) is 74.1 Å². The van der Waals surface area contributed by atoms with Gasteiger partial charge in [-0.15, -0.1) is 11.3 Å². The maximum Gasteiger partial charge on any atom is 0.338 e. The number of allylic oxidation sites excluding steroid dienone is 1. The van der Waals surface area contributed by atoms with E-state index in [0.717, 1.165) is 16.0 Å². The van der Waals surface area contributed by atoms with Crippen LogP contribution in [0.2, 0.25) is 10.0 Å². The van der Waals surface area contributed by atoms with Crippen molar-refractivity contribution < 1.29 is 23.5 Å². The summed E-state index contributed by atoms with van der Waals surface area (Å²) in [5.41, 5.74) is 2.63. The first kappa shape index (κ1) is 33.4. The van der Waals surface area contributed by atoms with Crippen LogP contribution < -0.4 is 19.8 Å². The molecule has 3 aromatic heterocycles. The van der Waals surface area contributed by atoms with E-state index in [1.54, 1.807) is 92.7 Å². The molecule has 254 valence electrons. The lowest BCUT2D eigenvalue weighted by Crippen LogP contribution is -2.40. The number of fused-ring (bicyclic) bond motifs is 3. The summed E-state index contributed by atoms with van der Waals surface area (Å²) in [5.74, 6) is -0.891. The van der Waals surface area contributed by atoms with Gasteiger partial charge in [0.15, 0.2) is 14.2 Å². The molecule has 0 bridgehead atoms. The van der Waals surface area contributed by atoms with E-state index in [1.807, 2.05) is 0 Å². The van der Waals surface area contributed by atoms with Crippen LogP contribution in [-0.4, -0.2) is 33.9 Å². The molecule has 0 aliphatic carbocycles. The Bertz CT molecular complexity index is 2660. The Kier molecular flexibility index (Phi) is 8.55. The average molecular weight is 774 g/mol. The number of imide groups is 1. The summed E-state index contributed by atoms with van der Waals surface area (Å²) in [6, 6.07) is 19.7. The molecule has 0 unspecified atom stereocenters. The molecule has 2 aliphatic rings. The second kappa shape index (κ2) is 13.1. The van der Waals surface area contributed by atoms with Crippen molar-refractivity contribution in [3.8, 4) is 0 Å². The summed E-state index contributed by atoms with van der Waals surface area (Å²) < 4.78 is 14.7. The number of furan rings is 1. The lowest BCUT2D eigenvalue weighted by Gasteiger charge is -2.25. The van der Waals surface area contributed by atoms with Gasteiger partial charge in [-0.25, -0.2) is 19.7 Å². The van der Waals surface area contributed by atoms with Crippen molar-refractivity contribution in [3.05, 3.63) is 136 Å². The number of esters is 1. The highest BCUT2D eigenvalue weighted by Crippen LogP contribution is 2.39. The summed E-state index contributed by atoms with van der Waals surface area (Å²) in [6.07, 6.45) is 1.63. The van der Waals surface area contributed by atoms with Gasteiger partial charge in [-0.3, -0.25) is 19.0 Å². The summed E-state index contributed by atoms with van der Waals surface area (Å²) in [5, 5.41) is 1.04. The van der Waals surface area contributed by atoms with Crippen LogP contribution in [0.3, 0.4) is 0 Å². The Balaban J connectivity index is 1.09. The van der Waals surface area contributed by atoms with Crippen LogP contribution in [0, 0.1) is 0 Å². The Morgan fingerprint density at radius 3 is 2.51 bits per heavy atom. The molecule has 10 nitrogen and oxygen atoms in total. The van der Waals surface area contributed by atoms with E-state index < -0.39 is 12.0 Å². The molecule has 3 aromatic carbocycles. The number of rotatable bonds is 7. The zero-order valence-electron chi connectivity index (χ0n) is 26.5. The van der Waals surface area contributed by atoms with E-state index in [1.165, 1.54) is 32.6 Å². The van der Waals surface area contributed by atoms with E-state index in [2.05, 4.69) is 4.99 Å². The van der Waals surface area contributed by atoms with Crippen LogP contribution >= 0.6 is 57.6 Å². The lowest BCUT2D eigenvalue weighted by atomic mass is 9.96. The highest BCUT2D eigenvalue weighted by atomic mass is 35.5. The first-order chi connectivity index (χ1) is 24.6. The van der Waals surface area contributed by atoms with Gasteiger partial charge in [-0.1, -0.05) is 58.8 Å². The second-order valence-corrected chi connectivity index (χ2v) is 15.4. The van der Waals surface area contributed by atoms with Crippen LogP contribution in [0.1, 0.15) is 51.9 Å². The molecule has 0 saturated heterocycles. The minimum absolute atomic E-state index is 0.142. The fraction of sp³-hybridized carbons (Fsp3) is 0.111. The monoisotopic (exact) mass is 772 g/mol. The SMILES string of the molecule is CCOC(=O)C1=C(C)N=c2s/c(=C\c3ccc(Sc4nc5ccc(N6C(=O)c7ccccc7C6=O)cc5s4)o3)c(=O)n2[C@@H]1c1cccc(Cl)c1Cl. The van der Waals surface area contributed by atoms with E-state index >= 15 is 0 Å². The number of amides is 2. The molecule has 15 heteroatoms. The van der Waals surface area contributed by atoms with Gasteiger partial charge < -0.3 is 9.15 Å². The highest BCUT2D eigenvalue weighted by Gasteiger charge is 2.37. The number of carbonyl (C=O) groups excluding carboxylic acids is 3. The molecular formula is C36H22Cl2N4O6S3. The van der Waals surface area contributed by atoms with Crippen molar-refractivity contribution in [1.29, 1.82) is 0 Å². The van der Waals surface area contributed by atoms with Crippen molar-refractivity contribution in [3.63, 3.8) is 0 Å². The number of anilines is 1. The first-order valence-electron chi connectivity index (χ1n) is 15.4. The molecule has 0 radical (unpaired) electrons. The average Bonchev–Trinajstić information content (AvgIpc) is 3.86. The summed E-state index contributed by atoms with van der Waals surface area (Å²) in [6.45, 7) is 3.54. The standard InChI is InChI=1S/C36H22Cl2N4O6S3/c1-3-47-34(46)28-17(2)39-35-42(30(28)22-9-6-10-23(37)29(22)38)33(45)26(49-35)16-19-12-14-27(48-19)51-36-40-24-13-11-18(15-25(24)50-36)41-31(43)20-7-4-5-8-21(20)32(41)44/h4-16,30H,3H2,1-2H3/b26-16-/t30-/m1/s1. The normalized spacial score (nSPS) is 15.8. The third kappa shape index (κ3) is 5.75. The third-order valence-electron chi connectivity index (χ3n) is 8.26. The van der Waals surface area contributed by atoms with Gasteiger partial charge in [0.2, 0.25) is 0 Å². The maximum atomic E-state index is 14.0. The largest absolute Gasteiger partial charge is 0.463 e. The Morgan fingerprint density at radius 1 is 1.00 bits per heavy atom. The molecule has 8 rings (SSSR count). The van der Waals surface area contributed by atoms with E-state index in [-0.39, 0.29) is 39.6 Å². The highest BCUT2D eigenvalue weighted by molar-refractivity contribution is 8.01. The zero-order valence-corrected chi connectivity index (χ0v) is 30.5. The van der Waals surface area contributed by atoms with Crippen LogP contribution in [0.5, 0.6) is 0 Å².